The summed E-state index contributed by atoms with van der Waals surface area (Å²) in [6, 6.07) is 45.4. The third-order valence-corrected chi connectivity index (χ3v) is 7.18. The lowest BCUT2D eigenvalue weighted by Crippen LogP contribution is -1.82. The van der Waals surface area contributed by atoms with E-state index in [1.165, 1.54) is 33.0 Å². The second-order valence-electron chi connectivity index (χ2n) is 9.44. The lowest BCUT2D eigenvalue weighted by Gasteiger charge is -2.07. The van der Waals surface area contributed by atoms with Gasteiger partial charge in [-0.25, -0.2) is 0 Å². The fourth-order valence-corrected chi connectivity index (χ4v) is 5.31. The van der Waals surface area contributed by atoms with Crippen LogP contribution < -0.4 is 0 Å². The van der Waals surface area contributed by atoms with Crippen molar-refractivity contribution in [2.45, 2.75) is 20.8 Å². The predicted octanol–water partition coefficient (Wildman–Crippen LogP) is 11.1. The van der Waals surface area contributed by atoms with Crippen molar-refractivity contribution in [3.05, 3.63) is 133 Å². The summed E-state index contributed by atoms with van der Waals surface area (Å²) in [5, 5.41) is 4.76. The van der Waals surface area contributed by atoms with E-state index in [2.05, 4.69) is 134 Å². The van der Waals surface area contributed by atoms with E-state index in [1.54, 1.807) is 0 Å². The first kappa shape index (κ1) is 23.8. The van der Waals surface area contributed by atoms with Gasteiger partial charge in [0.15, 0.2) is 0 Å². The highest BCUT2D eigenvalue weighted by Gasteiger charge is 2.16. The molecular weight excluding hydrogens is 460 g/mol. The van der Waals surface area contributed by atoms with Crippen molar-refractivity contribution < 1.29 is 4.42 Å². The standard InChI is InChI=1S/C35H24O.C2H6/c1-23-15-17-24(18-16-23)25-19-21-27(22-20-25)29-10-5-13-32-33-14-6-12-31(35(33)36-34(29)32)30-11-4-8-26-7-2-3-9-28(26)30;1-2/h2-22H,1H3;1-2H3. The van der Waals surface area contributed by atoms with Gasteiger partial charge in [-0.1, -0.05) is 147 Å². The van der Waals surface area contributed by atoms with Crippen LogP contribution in [0, 0.1) is 6.92 Å². The summed E-state index contributed by atoms with van der Waals surface area (Å²) in [5.41, 5.74) is 10.2. The Morgan fingerprint density at radius 2 is 0.868 bits per heavy atom. The molecule has 0 aliphatic heterocycles. The van der Waals surface area contributed by atoms with Gasteiger partial charge >= 0.3 is 0 Å². The number of furan rings is 1. The molecule has 0 unspecified atom stereocenters. The highest BCUT2D eigenvalue weighted by atomic mass is 16.3. The zero-order chi connectivity index (χ0) is 26.1. The van der Waals surface area contributed by atoms with Crippen LogP contribution in [-0.2, 0) is 0 Å². The minimum absolute atomic E-state index is 0.934. The number of para-hydroxylation sites is 2. The molecule has 0 atom stereocenters. The van der Waals surface area contributed by atoms with Gasteiger partial charge in [0, 0.05) is 21.9 Å². The Morgan fingerprint density at radius 1 is 0.395 bits per heavy atom. The minimum atomic E-state index is 0.934. The van der Waals surface area contributed by atoms with Crippen LogP contribution in [0.5, 0.6) is 0 Å². The normalized spacial score (nSPS) is 11.0. The van der Waals surface area contributed by atoms with Gasteiger partial charge in [0.2, 0.25) is 0 Å². The largest absolute Gasteiger partial charge is 0.455 e. The fourth-order valence-electron chi connectivity index (χ4n) is 5.31. The van der Waals surface area contributed by atoms with E-state index in [9.17, 15) is 0 Å². The molecule has 0 spiro atoms. The Hall–Kier alpha value is -4.62. The number of hydrogen-bond acceptors (Lipinski definition) is 1. The van der Waals surface area contributed by atoms with Crippen LogP contribution in [0.1, 0.15) is 19.4 Å². The van der Waals surface area contributed by atoms with Gasteiger partial charge in [0.1, 0.15) is 11.2 Å². The van der Waals surface area contributed by atoms with Crippen molar-refractivity contribution in [2.75, 3.05) is 0 Å². The Morgan fingerprint density at radius 3 is 1.58 bits per heavy atom. The molecule has 7 rings (SSSR count). The summed E-state index contributed by atoms with van der Waals surface area (Å²) in [7, 11) is 0. The van der Waals surface area contributed by atoms with Gasteiger partial charge in [-0.2, -0.15) is 0 Å². The van der Waals surface area contributed by atoms with Gasteiger partial charge in [-0.05, 0) is 39.9 Å². The van der Waals surface area contributed by atoms with Crippen LogP contribution in [0.4, 0.5) is 0 Å². The van der Waals surface area contributed by atoms with Gasteiger partial charge in [-0.3, -0.25) is 0 Å². The number of benzene rings is 6. The third-order valence-electron chi connectivity index (χ3n) is 7.18. The molecule has 1 aromatic heterocycles. The monoisotopic (exact) mass is 490 g/mol. The summed E-state index contributed by atoms with van der Waals surface area (Å²) in [5.74, 6) is 0. The van der Waals surface area contributed by atoms with E-state index >= 15 is 0 Å². The van der Waals surface area contributed by atoms with Crippen LogP contribution >= 0.6 is 0 Å². The highest BCUT2D eigenvalue weighted by molar-refractivity contribution is 6.14. The number of hydrogen-bond donors (Lipinski definition) is 0. The van der Waals surface area contributed by atoms with E-state index in [-0.39, 0.29) is 0 Å². The number of aryl methyl sites for hydroxylation is 1. The van der Waals surface area contributed by atoms with Crippen LogP contribution in [0.3, 0.4) is 0 Å². The van der Waals surface area contributed by atoms with Crippen molar-refractivity contribution in [1.29, 1.82) is 0 Å². The molecule has 0 aliphatic carbocycles. The summed E-state index contributed by atoms with van der Waals surface area (Å²) in [4.78, 5) is 0. The second kappa shape index (κ2) is 10.0. The van der Waals surface area contributed by atoms with E-state index in [4.69, 9.17) is 4.42 Å². The topological polar surface area (TPSA) is 13.1 Å². The predicted molar refractivity (Wildman–Crippen MR) is 164 cm³/mol. The van der Waals surface area contributed by atoms with Crippen molar-refractivity contribution in [3.63, 3.8) is 0 Å². The molecule has 0 aliphatic rings. The van der Waals surface area contributed by atoms with E-state index in [0.29, 0.717) is 0 Å². The van der Waals surface area contributed by atoms with Crippen LogP contribution in [-0.4, -0.2) is 0 Å². The van der Waals surface area contributed by atoms with Crippen LogP contribution in [0.25, 0.3) is 66.1 Å². The fraction of sp³-hybridized carbons (Fsp3) is 0.0811. The van der Waals surface area contributed by atoms with Crippen molar-refractivity contribution in [3.8, 4) is 33.4 Å². The molecule has 0 saturated carbocycles. The Kier molecular flexibility index (Phi) is 6.27. The zero-order valence-electron chi connectivity index (χ0n) is 22.0. The first-order valence-corrected chi connectivity index (χ1v) is 13.4. The molecule has 0 saturated heterocycles. The molecule has 0 radical (unpaired) electrons. The lowest BCUT2D eigenvalue weighted by molar-refractivity contribution is 0.671. The lowest BCUT2D eigenvalue weighted by atomic mass is 9.96. The van der Waals surface area contributed by atoms with Crippen LogP contribution in [0.2, 0.25) is 0 Å². The molecule has 1 heteroatoms. The highest BCUT2D eigenvalue weighted by Crippen LogP contribution is 2.41. The quantitative estimate of drug-likeness (QED) is 0.240. The molecule has 7 aromatic rings. The van der Waals surface area contributed by atoms with E-state index in [1.807, 2.05) is 13.8 Å². The van der Waals surface area contributed by atoms with Crippen molar-refractivity contribution >= 4 is 32.7 Å². The molecule has 0 fully saturated rings. The molecular formula is C37H30O. The molecule has 0 N–H and O–H groups in total. The molecule has 38 heavy (non-hydrogen) atoms. The average Bonchev–Trinajstić information content (AvgIpc) is 3.38. The molecule has 184 valence electrons. The third kappa shape index (κ3) is 4.07. The van der Waals surface area contributed by atoms with E-state index in [0.717, 1.165) is 38.6 Å². The molecule has 1 heterocycles. The van der Waals surface area contributed by atoms with Crippen LogP contribution in [0.15, 0.2) is 132 Å². The number of fused-ring (bicyclic) bond motifs is 4. The Bertz CT molecular complexity index is 1860. The summed E-state index contributed by atoms with van der Waals surface area (Å²) in [6.07, 6.45) is 0. The maximum Gasteiger partial charge on any atom is 0.143 e. The number of rotatable bonds is 3. The van der Waals surface area contributed by atoms with Gasteiger partial charge in [0.25, 0.3) is 0 Å². The molecule has 0 bridgehead atoms. The summed E-state index contributed by atoms with van der Waals surface area (Å²) >= 11 is 0. The summed E-state index contributed by atoms with van der Waals surface area (Å²) in [6.45, 7) is 6.12. The first-order chi connectivity index (χ1) is 18.8. The van der Waals surface area contributed by atoms with Gasteiger partial charge in [0.05, 0.1) is 0 Å². The van der Waals surface area contributed by atoms with Crippen molar-refractivity contribution in [2.24, 2.45) is 0 Å². The molecule has 6 aromatic carbocycles. The molecule has 0 amide bonds. The smallest absolute Gasteiger partial charge is 0.143 e. The SMILES string of the molecule is CC.Cc1ccc(-c2ccc(-c3cccc4c3oc3c(-c5cccc6ccccc56)cccc34)cc2)cc1. The summed E-state index contributed by atoms with van der Waals surface area (Å²) < 4.78 is 6.70. The first-order valence-electron chi connectivity index (χ1n) is 13.4. The molecule has 1 nitrogen and oxygen atoms in total. The second-order valence-corrected chi connectivity index (χ2v) is 9.44. The maximum atomic E-state index is 6.70. The minimum Gasteiger partial charge on any atom is -0.455 e. The maximum absolute atomic E-state index is 6.70. The Balaban J connectivity index is 0.00000129. The average molecular weight is 491 g/mol. The van der Waals surface area contributed by atoms with Crippen molar-refractivity contribution in [1.82, 2.24) is 0 Å². The zero-order valence-corrected chi connectivity index (χ0v) is 22.0. The van der Waals surface area contributed by atoms with E-state index < -0.39 is 0 Å². The van der Waals surface area contributed by atoms with Gasteiger partial charge < -0.3 is 4.42 Å². The Labute approximate surface area is 224 Å². The van der Waals surface area contributed by atoms with Gasteiger partial charge in [-0.15, -0.1) is 0 Å².